The number of hydrogen-bond acceptors (Lipinski definition) is 4. The van der Waals surface area contributed by atoms with Gasteiger partial charge in [0.1, 0.15) is 33.0 Å². The number of aromatic hydroxyl groups is 1. The van der Waals surface area contributed by atoms with E-state index in [-0.39, 0.29) is 33.4 Å². The van der Waals surface area contributed by atoms with Gasteiger partial charge in [-0.15, -0.1) is 0 Å². The zero-order chi connectivity index (χ0) is 17.1. The van der Waals surface area contributed by atoms with Crippen LogP contribution in [0.1, 0.15) is 0 Å². The molecule has 2 aromatic carbocycles. The Morgan fingerprint density at radius 2 is 1.48 bits per heavy atom. The lowest BCUT2D eigenvalue weighted by Gasteiger charge is -2.14. The maximum atomic E-state index is 9.65. The molecule has 23 heavy (non-hydrogen) atoms. The van der Waals surface area contributed by atoms with Gasteiger partial charge in [-0.3, -0.25) is 0 Å². The standard InChI is InChI=1S/C14H9Cl3I2O4/c1-21-9-4-10(7(19)2-6(9)18)22-5-23-11-3-8(20)12(15)14(17)13(11)16/h2-4,20H,5H2,1H3. The van der Waals surface area contributed by atoms with Crippen LogP contribution in [0.15, 0.2) is 18.2 Å². The minimum absolute atomic E-state index is 0.0221. The number of ether oxygens (including phenoxy) is 3. The number of halogens is 5. The average Bonchev–Trinajstić information content (AvgIpc) is 2.52. The predicted molar refractivity (Wildman–Crippen MR) is 108 cm³/mol. The Bertz CT molecular complexity index is 741. The van der Waals surface area contributed by atoms with Crippen molar-refractivity contribution in [3.63, 3.8) is 0 Å². The number of phenols is 1. The summed E-state index contributed by atoms with van der Waals surface area (Å²) in [5, 5.41) is 9.75. The van der Waals surface area contributed by atoms with Gasteiger partial charge in [0.25, 0.3) is 0 Å². The summed E-state index contributed by atoms with van der Waals surface area (Å²) in [4.78, 5) is 0. The summed E-state index contributed by atoms with van der Waals surface area (Å²) in [6.45, 7) is -0.128. The summed E-state index contributed by atoms with van der Waals surface area (Å²) in [5.41, 5.74) is 0. The van der Waals surface area contributed by atoms with Gasteiger partial charge in [-0.1, -0.05) is 34.8 Å². The van der Waals surface area contributed by atoms with E-state index in [2.05, 4.69) is 45.2 Å². The highest BCUT2D eigenvalue weighted by atomic mass is 127. The highest BCUT2D eigenvalue weighted by Gasteiger charge is 2.15. The molecule has 0 radical (unpaired) electrons. The van der Waals surface area contributed by atoms with E-state index in [9.17, 15) is 5.11 Å². The smallest absolute Gasteiger partial charge is 0.231 e. The van der Waals surface area contributed by atoms with Crippen LogP contribution in [0.3, 0.4) is 0 Å². The summed E-state index contributed by atoms with van der Waals surface area (Å²) in [6.07, 6.45) is 0. The van der Waals surface area contributed by atoms with Crippen molar-refractivity contribution in [2.75, 3.05) is 13.9 Å². The average molecular weight is 601 g/mol. The zero-order valence-electron chi connectivity index (χ0n) is 11.5. The molecule has 4 nitrogen and oxygen atoms in total. The molecule has 0 spiro atoms. The summed E-state index contributed by atoms with van der Waals surface area (Å²) in [7, 11) is 1.59. The second-order valence-electron chi connectivity index (χ2n) is 4.16. The number of rotatable bonds is 5. The summed E-state index contributed by atoms with van der Waals surface area (Å²) >= 11 is 22.0. The van der Waals surface area contributed by atoms with Crippen LogP contribution in [0.25, 0.3) is 0 Å². The van der Waals surface area contributed by atoms with E-state index >= 15 is 0 Å². The fraction of sp³-hybridized carbons (Fsp3) is 0.143. The van der Waals surface area contributed by atoms with E-state index in [0.29, 0.717) is 11.5 Å². The van der Waals surface area contributed by atoms with Crippen molar-refractivity contribution in [1.82, 2.24) is 0 Å². The van der Waals surface area contributed by atoms with E-state index in [1.165, 1.54) is 6.07 Å². The van der Waals surface area contributed by atoms with Crippen LogP contribution in [-0.4, -0.2) is 19.0 Å². The maximum Gasteiger partial charge on any atom is 0.231 e. The minimum Gasteiger partial charge on any atom is -0.506 e. The van der Waals surface area contributed by atoms with Crippen molar-refractivity contribution in [1.29, 1.82) is 0 Å². The molecule has 9 heteroatoms. The number of benzene rings is 2. The normalized spacial score (nSPS) is 10.5. The van der Waals surface area contributed by atoms with Gasteiger partial charge in [-0.2, -0.15) is 0 Å². The molecule has 0 fully saturated rings. The number of hydrogen-bond donors (Lipinski definition) is 1. The van der Waals surface area contributed by atoms with E-state index in [1.54, 1.807) is 13.2 Å². The van der Waals surface area contributed by atoms with Crippen LogP contribution in [0, 0.1) is 7.14 Å². The van der Waals surface area contributed by atoms with Crippen LogP contribution in [0.4, 0.5) is 0 Å². The molecule has 0 aromatic heterocycles. The van der Waals surface area contributed by atoms with Crippen molar-refractivity contribution >= 4 is 80.0 Å². The largest absolute Gasteiger partial charge is 0.506 e. The van der Waals surface area contributed by atoms with Crippen LogP contribution in [-0.2, 0) is 0 Å². The third-order valence-corrected chi connectivity index (χ3v) is 5.74. The first-order valence-electron chi connectivity index (χ1n) is 6.00. The van der Waals surface area contributed by atoms with Crippen molar-refractivity contribution in [2.45, 2.75) is 0 Å². The van der Waals surface area contributed by atoms with Crippen molar-refractivity contribution in [3.8, 4) is 23.0 Å². The highest BCUT2D eigenvalue weighted by Crippen LogP contribution is 2.43. The quantitative estimate of drug-likeness (QED) is 0.260. The highest BCUT2D eigenvalue weighted by molar-refractivity contribution is 14.1. The van der Waals surface area contributed by atoms with Gasteiger partial charge in [0, 0.05) is 12.1 Å². The van der Waals surface area contributed by atoms with Gasteiger partial charge in [-0.25, -0.2) is 0 Å². The first-order chi connectivity index (χ1) is 10.8. The zero-order valence-corrected chi connectivity index (χ0v) is 18.1. The molecule has 1 N–H and O–H groups in total. The van der Waals surface area contributed by atoms with Crippen LogP contribution in [0.5, 0.6) is 23.0 Å². The molecule has 0 bridgehead atoms. The molecule has 0 saturated carbocycles. The molecule has 124 valence electrons. The maximum absolute atomic E-state index is 9.65. The summed E-state index contributed by atoms with van der Waals surface area (Å²) in [6, 6.07) is 4.97. The molecule has 0 atom stereocenters. The Hall–Kier alpha value is -0.0300. The second-order valence-corrected chi connectivity index (χ2v) is 7.62. The van der Waals surface area contributed by atoms with Gasteiger partial charge in [0.2, 0.25) is 6.79 Å². The fourth-order valence-corrected chi connectivity index (χ4v) is 4.10. The topological polar surface area (TPSA) is 47.9 Å². The van der Waals surface area contributed by atoms with E-state index in [4.69, 9.17) is 49.0 Å². The Morgan fingerprint density at radius 3 is 2.13 bits per heavy atom. The molecule has 0 aliphatic heterocycles. The Labute approximate surface area is 175 Å². The molecule has 0 unspecified atom stereocenters. The molecular formula is C14H9Cl3I2O4. The van der Waals surface area contributed by atoms with Crippen molar-refractivity contribution in [3.05, 3.63) is 40.4 Å². The first-order valence-corrected chi connectivity index (χ1v) is 9.29. The lowest BCUT2D eigenvalue weighted by atomic mass is 10.3. The van der Waals surface area contributed by atoms with Gasteiger partial charge in [0.15, 0.2) is 0 Å². The van der Waals surface area contributed by atoms with E-state index < -0.39 is 0 Å². The summed E-state index contributed by atoms with van der Waals surface area (Å²) in [5.74, 6) is 1.25. The Morgan fingerprint density at radius 1 is 0.870 bits per heavy atom. The van der Waals surface area contributed by atoms with Crippen LogP contribution >= 0.6 is 80.0 Å². The second kappa shape index (κ2) is 8.37. The molecular weight excluding hydrogens is 592 g/mol. The van der Waals surface area contributed by atoms with Gasteiger partial charge < -0.3 is 19.3 Å². The predicted octanol–water partition coefficient (Wildman–Crippen LogP) is 5.99. The van der Waals surface area contributed by atoms with E-state index in [0.717, 1.165) is 7.14 Å². The minimum atomic E-state index is -0.221. The number of methoxy groups -OCH3 is 1. The molecule has 0 amide bonds. The monoisotopic (exact) mass is 600 g/mol. The Balaban J connectivity index is 2.12. The van der Waals surface area contributed by atoms with Gasteiger partial charge in [-0.05, 0) is 51.2 Å². The van der Waals surface area contributed by atoms with Crippen molar-refractivity contribution in [2.24, 2.45) is 0 Å². The molecule has 0 aliphatic rings. The third kappa shape index (κ3) is 4.53. The van der Waals surface area contributed by atoms with Gasteiger partial charge >= 0.3 is 0 Å². The lowest BCUT2D eigenvalue weighted by Crippen LogP contribution is -2.07. The van der Waals surface area contributed by atoms with Gasteiger partial charge in [0.05, 0.1) is 19.3 Å². The summed E-state index contributed by atoms with van der Waals surface area (Å²) < 4.78 is 18.1. The van der Waals surface area contributed by atoms with Crippen LogP contribution in [0.2, 0.25) is 15.1 Å². The third-order valence-electron chi connectivity index (χ3n) is 2.73. The molecule has 2 aromatic rings. The van der Waals surface area contributed by atoms with Crippen LogP contribution < -0.4 is 14.2 Å². The van der Waals surface area contributed by atoms with E-state index in [1.807, 2.05) is 6.07 Å². The SMILES string of the molecule is COc1cc(OCOc2cc(O)c(Cl)c(Cl)c2Cl)c(I)cc1I. The lowest BCUT2D eigenvalue weighted by molar-refractivity contribution is 0.118. The first kappa shape index (κ1) is 19.3. The number of phenolic OH excluding ortho intramolecular Hbond substituents is 1. The molecule has 2 rings (SSSR count). The molecule has 0 saturated heterocycles. The molecule has 0 aliphatic carbocycles. The molecule has 0 heterocycles. The fourth-order valence-electron chi connectivity index (χ4n) is 1.61. The van der Waals surface area contributed by atoms with Crippen molar-refractivity contribution < 1.29 is 19.3 Å². The Kier molecular flexibility index (Phi) is 7.02.